The van der Waals surface area contributed by atoms with Gasteiger partial charge in [-0.2, -0.15) is 0 Å². The molecule has 2 nitrogen and oxygen atoms in total. The van der Waals surface area contributed by atoms with Gasteiger partial charge in [0.1, 0.15) is 0 Å². The van der Waals surface area contributed by atoms with E-state index in [1.807, 2.05) is 24.3 Å². The minimum atomic E-state index is 0.840. The van der Waals surface area contributed by atoms with Crippen molar-refractivity contribution in [3.8, 4) is 0 Å². The Kier molecular flexibility index (Phi) is 16.7. The standard InChI is InChI=1S/C46H64N2/c1-3-5-7-15-19-41-33-37(21-27-43(41)35-39-23-29-45(47)30-24-39)17-13-11-9-10-12-14-18-38-22-28-44(36-40-25-31-46(48)32-26-40)42(34-38)20-16-8-6-4-2/h21-34H,3-20,35-36,47-48H2,1-2H3. The lowest BCUT2D eigenvalue weighted by Crippen LogP contribution is -1.99. The lowest BCUT2D eigenvalue weighted by molar-refractivity contribution is 0.593. The normalized spacial score (nSPS) is 11.3. The molecule has 0 atom stereocenters. The average Bonchev–Trinajstić information content (AvgIpc) is 3.10. The highest BCUT2D eigenvalue weighted by Gasteiger charge is 2.08. The monoisotopic (exact) mass is 645 g/mol. The van der Waals surface area contributed by atoms with Crippen LogP contribution in [0.4, 0.5) is 11.4 Å². The van der Waals surface area contributed by atoms with Crippen molar-refractivity contribution in [2.45, 2.75) is 142 Å². The first-order valence-electron chi connectivity index (χ1n) is 19.4. The van der Waals surface area contributed by atoms with Crippen LogP contribution in [-0.2, 0) is 38.5 Å². The Morgan fingerprint density at radius 2 is 0.667 bits per heavy atom. The molecular weight excluding hydrogens is 581 g/mol. The number of unbranched alkanes of at least 4 members (excludes halogenated alkanes) is 11. The molecule has 258 valence electrons. The van der Waals surface area contributed by atoms with E-state index in [9.17, 15) is 0 Å². The predicted octanol–water partition coefficient (Wildman–Crippen LogP) is 12.4. The van der Waals surface area contributed by atoms with E-state index in [0.717, 1.165) is 24.2 Å². The van der Waals surface area contributed by atoms with E-state index in [-0.39, 0.29) is 0 Å². The van der Waals surface area contributed by atoms with Crippen LogP contribution < -0.4 is 11.5 Å². The smallest absolute Gasteiger partial charge is 0.0314 e. The van der Waals surface area contributed by atoms with Crippen molar-refractivity contribution in [3.05, 3.63) is 129 Å². The van der Waals surface area contributed by atoms with Crippen molar-refractivity contribution in [1.29, 1.82) is 0 Å². The summed E-state index contributed by atoms with van der Waals surface area (Å²) < 4.78 is 0. The fourth-order valence-electron chi connectivity index (χ4n) is 7.04. The van der Waals surface area contributed by atoms with Crippen LogP contribution in [0.3, 0.4) is 0 Å². The van der Waals surface area contributed by atoms with Gasteiger partial charge in [0.05, 0.1) is 0 Å². The number of nitrogen functional groups attached to an aromatic ring is 2. The van der Waals surface area contributed by atoms with Crippen molar-refractivity contribution in [2.75, 3.05) is 11.5 Å². The molecule has 0 aromatic heterocycles. The molecule has 0 bridgehead atoms. The van der Waals surface area contributed by atoms with Crippen LogP contribution >= 0.6 is 0 Å². The van der Waals surface area contributed by atoms with Crippen LogP contribution in [0, 0.1) is 0 Å². The molecule has 0 amide bonds. The zero-order chi connectivity index (χ0) is 33.8. The Balaban J connectivity index is 1.20. The van der Waals surface area contributed by atoms with Gasteiger partial charge in [0.15, 0.2) is 0 Å². The summed E-state index contributed by atoms with van der Waals surface area (Å²) in [5.74, 6) is 0. The molecule has 0 fully saturated rings. The minimum Gasteiger partial charge on any atom is -0.399 e. The average molecular weight is 645 g/mol. The van der Waals surface area contributed by atoms with Crippen molar-refractivity contribution in [3.63, 3.8) is 0 Å². The lowest BCUT2D eigenvalue weighted by atomic mass is 9.92. The maximum absolute atomic E-state index is 5.93. The van der Waals surface area contributed by atoms with Gasteiger partial charge in [0.2, 0.25) is 0 Å². The fourth-order valence-corrected chi connectivity index (χ4v) is 7.04. The maximum Gasteiger partial charge on any atom is 0.0314 e. The first-order valence-corrected chi connectivity index (χ1v) is 19.4. The number of anilines is 2. The summed E-state index contributed by atoms with van der Waals surface area (Å²) in [7, 11) is 0. The molecule has 0 aliphatic carbocycles. The van der Waals surface area contributed by atoms with Crippen molar-refractivity contribution in [1.82, 2.24) is 0 Å². The van der Waals surface area contributed by atoms with Crippen molar-refractivity contribution in [2.24, 2.45) is 0 Å². The summed E-state index contributed by atoms with van der Waals surface area (Å²) in [5.41, 5.74) is 25.4. The summed E-state index contributed by atoms with van der Waals surface area (Å²) in [6.07, 6.45) is 25.3. The van der Waals surface area contributed by atoms with Gasteiger partial charge >= 0.3 is 0 Å². The number of hydrogen-bond donors (Lipinski definition) is 2. The second-order valence-electron chi connectivity index (χ2n) is 14.3. The maximum atomic E-state index is 5.93. The van der Waals surface area contributed by atoms with Crippen molar-refractivity contribution < 1.29 is 0 Å². The zero-order valence-electron chi connectivity index (χ0n) is 30.4. The zero-order valence-corrected chi connectivity index (χ0v) is 30.4. The Labute approximate surface area is 293 Å². The highest BCUT2D eigenvalue weighted by Crippen LogP contribution is 2.23. The van der Waals surface area contributed by atoms with Crippen LogP contribution in [0.5, 0.6) is 0 Å². The van der Waals surface area contributed by atoms with E-state index < -0.39 is 0 Å². The molecule has 4 aromatic carbocycles. The highest BCUT2D eigenvalue weighted by atomic mass is 14.5. The molecular formula is C46H64N2. The SMILES string of the molecule is CCCCCCc1cc(CCCCCCCCc2ccc(Cc3ccc(N)cc3)c(CCCCCC)c2)ccc1Cc1ccc(N)cc1. The Morgan fingerprint density at radius 1 is 0.333 bits per heavy atom. The van der Waals surface area contributed by atoms with Gasteiger partial charge < -0.3 is 11.5 Å². The molecule has 2 heteroatoms. The molecule has 4 rings (SSSR count). The third kappa shape index (κ3) is 13.5. The third-order valence-electron chi connectivity index (χ3n) is 10.1. The van der Waals surface area contributed by atoms with E-state index in [1.165, 1.54) is 149 Å². The Bertz CT molecular complexity index is 1340. The molecule has 0 heterocycles. The first kappa shape index (κ1) is 37.3. The Morgan fingerprint density at radius 3 is 1.06 bits per heavy atom. The number of nitrogens with two attached hydrogens (primary N) is 2. The highest BCUT2D eigenvalue weighted by molar-refractivity contribution is 5.43. The van der Waals surface area contributed by atoms with Gasteiger partial charge in [0.25, 0.3) is 0 Å². The van der Waals surface area contributed by atoms with Gasteiger partial charge in [-0.05, 0) is 133 Å². The first-order chi connectivity index (χ1) is 23.5. The van der Waals surface area contributed by atoms with Crippen LogP contribution in [0.2, 0.25) is 0 Å². The summed E-state index contributed by atoms with van der Waals surface area (Å²) in [6.45, 7) is 4.59. The third-order valence-corrected chi connectivity index (χ3v) is 10.1. The molecule has 48 heavy (non-hydrogen) atoms. The van der Waals surface area contributed by atoms with E-state index in [4.69, 9.17) is 11.5 Å². The molecule has 0 saturated heterocycles. The summed E-state index contributed by atoms with van der Waals surface area (Å²) >= 11 is 0. The largest absolute Gasteiger partial charge is 0.399 e. The van der Waals surface area contributed by atoms with Gasteiger partial charge in [-0.25, -0.2) is 0 Å². The molecule has 4 N–H and O–H groups in total. The number of hydrogen-bond acceptors (Lipinski definition) is 2. The van der Waals surface area contributed by atoms with Crippen molar-refractivity contribution >= 4 is 11.4 Å². The van der Waals surface area contributed by atoms with Gasteiger partial charge in [-0.3, -0.25) is 0 Å². The second-order valence-corrected chi connectivity index (χ2v) is 14.3. The minimum absolute atomic E-state index is 0.840. The second kappa shape index (κ2) is 21.5. The molecule has 0 unspecified atom stereocenters. The molecule has 0 saturated carbocycles. The van der Waals surface area contributed by atoms with E-state index in [2.05, 4.69) is 74.5 Å². The van der Waals surface area contributed by atoms with Crippen LogP contribution in [-0.4, -0.2) is 0 Å². The fraction of sp³-hybridized carbons (Fsp3) is 0.478. The lowest BCUT2D eigenvalue weighted by Gasteiger charge is -2.13. The summed E-state index contributed by atoms with van der Waals surface area (Å²) in [5, 5.41) is 0. The van der Waals surface area contributed by atoms with Crippen LogP contribution in [0.1, 0.15) is 148 Å². The predicted molar refractivity (Wildman–Crippen MR) is 211 cm³/mol. The number of benzene rings is 4. The van der Waals surface area contributed by atoms with Gasteiger partial charge in [0, 0.05) is 11.4 Å². The van der Waals surface area contributed by atoms with Crippen LogP contribution in [0.25, 0.3) is 0 Å². The van der Waals surface area contributed by atoms with Gasteiger partial charge in [-0.15, -0.1) is 0 Å². The topological polar surface area (TPSA) is 52.0 Å². The molecule has 0 radical (unpaired) electrons. The number of rotatable bonds is 23. The summed E-state index contributed by atoms with van der Waals surface area (Å²) in [6, 6.07) is 31.5. The van der Waals surface area contributed by atoms with E-state index in [1.54, 1.807) is 11.1 Å². The molecule has 0 aliphatic rings. The van der Waals surface area contributed by atoms with E-state index in [0.29, 0.717) is 0 Å². The molecule has 0 aliphatic heterocycles. The van der Waals surface area contributed by atoms with Gasteiger partial charge in [-0.1, -0.05) is 139 Å². The summed E-state index contributed by atoms with van der Waals surface area (Å²) in [4.78, 5) is 0. The molecule has 0 spiro atoms. The Hall–Kier alpha value is -3.52. The molecule has 4 aromatic rings. The van der Waals surface area contributed by atoms with E-state index >= 15 is 0 Å². The van der Waals surface area contributed by atoms with Crippen LogP contribution in [0.15, 0.2) is 84.9 Å². The quantitative estimate of drug-likeness (QED) is 0.0623. The number of aryl methyl sites for hydroxylation is 4.